The zero-order valence-electron chi connectivity index (χ0n) is 22.7. The Labute approximate surface area is 242 Å². The summed E-state index contributed by atoms with van der Waals surface area (Å²) in [6, 6.07) is 11.9. The van der Waals surface area contributed by atoms with E-state index in [1.54, 1.807) is 18.2 Å². The van der Waals surface area contributed by atoms with Crippen molar-refractivity contribution in [3.8, 4) is 17.1 Å². The van der Waals surface area contributed by atoms with E-state index in [9.17, 15) is 19.1 Å². The first-order valence-electron chi connectivity index (χ1n) is 12.9. The van der Waals surface area contributed by atoms with Crippen LogP contribution >= 0.6 is 0 Å². The lowest BCUT2D eigenvalue weighted by molar-refractivity contribution is 0.0696. The van der Waals surface area contributed by atoms with Crippen LogP contribution in [0.5, 0.6) is 5.88 Å². The molecule has 0 radical (unpaired) electrons. The molecule has 0 atom stereocenters. The Bertz CT molecular complexity index is 1840. The molecule has 3 heterocycles. The smallest absolute Gasteiger partial charge is 0.335 e. The fraction of sp³-hybridized carbons (Fsp3) is 0.167. The van der Waals surface area contributed by atoms with Gasteiger partial charge in [0.05, 0.1) is 23.4 Å². The molecule has 13 heteroatoms. The molecule has 43 heavy (non-hydrogen) atoms. The molecule has 1 amide bonds. The number of carboxylic acids is 1. The van der Waals surface area contributed by atoms with Crippen LogP contribution in [0.4, 0.5) is 13.2 Å². The molecule has 3 N–H and O–H groups in total. The van der Waals surface area contributed by atoms with E-state index in [0.29, 0.717) is 5.56 Å². The zero-order chi connectivity index (χ0) is 30.7. The third kappa shape index (κ3) is 6.31. The number of benzene rings is 2. The van der Waals surface area contributed by atoms with Gasteiger partial charge in [-0.25, -0.2) is 27.9 Å². The maximum absolute atomic E-state index is 15.4. The Hall–Kier alpha value is -5.30. The SMILES string of the molecule is COCCn1c(Cc2cc(F)c(-c3cccc(OCc4ccc(C(N)=O)nc4)n3)cc2F)nc2c(F)cc(C(=O)O)cc21. The molecule has 0 saturated heterocycles. The number of pyridine rings is 2. The number of hydrogen-bond acceptors (Lipinski definition) is 7. The molecular weight excluding hydrogens is 567 g/mol. The first-order valence-corrected chi connectivity index (χ1v) is 12.9. The Balaban J connectivity index is 1.41. The predicted molar refractivity (Wildman–Crippen MR) is 148 cm³/mol. The summed E-state index contributed by atoms with van der Waals surface area (Å²) in [6.45, 7) is 0.415. The highest BCUT2D eigenvalue weighted by atomic mass is 19.1. The first-order chi connectivity index (χ1) is 20.6. The van der Waals surface area contributed by atoms with E-state index in [0.717, 1.165) is 18.2 Å². The molecule has 3 aromatic heterocycles. The van der Waals surface area contributed by atoms with E-state index in [4.69, 9.17) is 15.2 Å². The molecule has 5 rings (SSSR count). The number of methoxy groups -OCH3 is 1. The van der Waals surface area contributed by atoms with Gasteiger partial charge in [-0.2, -0.15) is 0 Å². The third-order valence-electron chi connectivity index (χ3n) is 6.60. The summed E-state index contributed by atoms with van der Waals surface area (Å²) in [4.78, 5) is 35.1. The Kier molecular flexibility index (Phi) is 8.34. The second-order valence-corrected chi connectivity index (χ2v) is 9.47. The average Bonchev–Trinajstić information content (AvgIpc) is 3.34. The van der Waals surface area contributed by atoms with Crippen molar-refractivity contribution >= 4 is 22.9 Å². The largest absolute Gasteiger partial charge is 0.478 e. The molecule has 0 bridgehead atoms. The zero-order valence-corrected chi connectivity index (χ0v) is 22.7. The van der Waals surface area contributed by atoms with E-state index >= 15 is 8.78 Å². The number of nitrogens with two attached hydrogens (primary N) is 1. The second-order valence-electron chi connectivity index (χ2n) is 9.47. The van der Waals surface area contributed by atoms with Crippen molar-refractivity contribution in [2.75, 3.05) is 13.7 Å². The summed E-state index contributed by atoms with van der Waals surface area (Å²) in [6.07, 6.45) is 1.23. The topological polar surface area (TPSA) is 142 Å². The lowest BCUT2D eigenvalue weighted by Gasteiger charge is -2.12. The number of carboxylic acid groups (broad SMARTS) is 1. The number of carbonyl (C=O) groups is 2. The van der Waals surface area contributed by atoms with Crippen molar-refractivity contribution < 1.29 is 37.3 Å². The number of imidazole rings is 1. The number of ether oxygens (including phenoxy) is 2. The van der Waals surface area contributed by atoms with Gasteiger partial charge in [0.2, 0.25) is 5.88 Å². The van der Waals surface area contributed by atoms with Crippen molar-refractivity contribution in [2.45, 2.75) is 19.6 Å². The van der Waals surface area contributed by atoms with Gasteiger partial charge in [-0.3, -0.25) is 9.78 Å². The van der Waals surface area contributed by atoms with Crippen LogP contribution in [0.3, 0.4) is 0 Å². The minimum absolute atomic E-state index is 0.0478. The van der Waals surface area contributed by atoms with Crippen LogP contribution < -0.4 is 10.5 Å². The molecular formula is C30H24F3N5O5. The maximum Gasteiger partial charge on any atom is 0.335 e. The van der Waals surface area contributed by atoms with Gasteiger partial charge in [-0.1, -0.05) is 12.1 Å². The number of nitrogens with zero attached hydrogens (tertiary/aromatic N) is 4. The second kappa shape index (κ2) is 12.3. The highest BCUT2D eigenvalue weighted by Gasteiger charge is 2.20. The minimum Gasteiger partial charge on any atom is -0.478 e. The number of halogens is 3. The molecule has 220 valence electrons. The Morgan fingerprint density at radius 1 is 1.00 bits per heavy atom. The minimum atomic E-state index is -1.32. The van der Waals surface area contributed by atoms with Crippen molar-refractivity contribution in [3.05, 3.63) is 106 Å². The van der Waals surface area contributed by atoms with Crippen LogP contribution in [0.15, 0.2) is 60.8 Å². The van der Waals surface area contributed by atoms with Crippen LogP contribution in [0.2, 0.25) is 0 Å². The average molecular weight is 592 g/mol. The van der Waals surface area contributed by atoms with E-state index < -0.39 is 29.3 Å². The standard InChI is InChI=1S/C30H24F3N5O5/c1-42-8-7-38-25-11-18(30(40)41)10-22(33)28(25)37-26(38)12-17-9-21(32)19(13-20(17)31)23-3-2-4-27(36-23)43-15-16-5-6-24(29(34)39)35-14-16/h2-6,9-11,13-14H,7-8,12,15H2,1H3,(H2,34,39)(H,40,41). The van der Waals surface area contributed by atoms with Gasteiger partial charge >= 0.3 is 5.97 Å². The normalized spacial score (nSPS) is 11.2. The van der Waals surface area contributed by atoms with Crippen molar-refractivity contribution in [2.24, 2.45) is 5.73 Å². The quantitative estimate of drug-likeness (QED) is 0.228. The van der Waals surface area contributed by atoms with Crippen LogP contribution in [-0.4, -0.2) is 50.2 Å². The molecule has 0 aliphatic carbocycles. The molecule has 0 fully saturated rings. The number of aromatic carboxylic acids is 1. The number of rotatable bonds is 11. The number of carbonyl (C=O) groups excluding carboxylic acids is 1. The summed E-state index contributed by atoms with van der Waals surface area (Å²) in [5.74, 6) is -3.98. The van der Waals surface area contributed by atoms with E-state index in [-0.39, 0.29) is 77.0 Å². The third-order valence-corrected chi connectivity index (χ3v) is 6.60. The van der Waals surface area contributed by atoms with Crippen LogP contribution in [0.25, 0.3) is 22.3 Å². The van der Waals surface area contributed by atoms with Gasteiger partial charge in [0, 0.05) is 43.5 Å². The molecule has 5 aromatic rings. The van der Waals surface area contributed by atoms with Gasteiger partial charge in [0.15, 0.2) is 5.82 Å². The van der Waals surface area contributed by atoms with Crippen molar-refractivity contribution in [3.63, 3.8) is 0 Å². The maximum atomic E-state index is 15.4. The monoisotopic (exact) mass is 591 g/mol. The number of aromatic nitrogens is 4. The molecule has 2 aromatic carbocycles. The fourth-order valence-corrected chi connectivity index (χ4v) is 4.47. The molecule has 10 nitrogen and oxygen atoms in total. The first kappa shape index (κ1) is 29.2. The van der Waals surface area contributed by atoms with Crippen LogP contribution in [0.1, 0.15) is 37.8 Å². The summed E-state index contributed by atoms with van der Waals surface area (Å²) < 4.78 is 57.8. The van der Waals surface area contributed by atoms with Crippen molar-refractivity contribution in [1.29, 1.82) is 0 Å². The number of amides is 1. The molecule has 0 spiro atoms. The van der Waals surface area contributed by atoms with Gasteiger partial charge in [-0.15, -0.1) is 0 Å². The van der Waals surface area contributed by atoms with Crippen LogP contribution in [0, 0.1) is 17.5 Å². The van der Waals surface area contributed by atoms with E-state index in [1.807, 2.05) is 0 Å². The van der Waals surface area contributed by atoms with Gasteiger partial charge in [-0.05, 0) is 42.0 Å². The van der Waals surface area contributed by atoms with Crippen molar-refractivity contribution in [1.82, 2.24) is 19.5 Å². The van der Waals surface area contributed by atoms with E-state index in [2.05, 4.69) is 15.0 Å². The van der Waals surface area contributed by atoms with E-state index in [1.165, 1.54) is 36.1 Å². The van der Waals surface area contributed by atoms with Gasteiger partial charge in [0.1, 0.15) is 35.3 Å². The molecule has 0 aliphatic rings. The molecule has 0 unspecified atom stereocenters. The Morgan fingerprint density at radius 2 is 1.81 bits per heavy atom. The molecule has 0 aliphatic heterocycles. The predicted octanol–water partition coefficient (Wildman–Crippen LogP) is 4.52. The van der Waals surface area contributed by atoms with Gasteiger partial charge < -0.3 is 24.9 Å². The lowest BCUT2D eigenvalue weighted by atomic mass is 10.0. The summed E-state index contributed by atoms with van der Waals surface area (Å²) in [5, 5.41) is 9.35. The number of hydrogen-bond donors (Lipinski definition) is 2. The number of primary amides is 1. The van der Waals surface area contributed by atoms with Gasteiger partial charge in [0.25, 0.3) is 5.91 Å². The van der Waals surface area contributed by atoms with Crippen LogP contribution in [-0.2, 0) is 24.3 Å². The summed E-state index contributed by atoms with van der Waals surface area (Å²) >= 11 is 0. The fourth-order valence-electron chi connectivity index (χ4n) is 4.47. The summed E-state index contributed by atoms with van der Waals surface area (Å²) in [5.41, 5.74) is 5.74. The highest BCUT2D eigenvalue weighted by molar-refractivity contribution is 5.93. The lowest BCUT2D eigenvalue weighted by Crippen LogP contribution is -2.13. The Morgan fingerprint density at radius 3 is 2.51 bits per heavy atom. The molecule has 0 saturated carbocycles. The highest BCUT2D eigenvalue weighted by Crippen LogP contribution is 2.29. The summed E-state index contributed by atoms with van der Waals surface area (Å²) in [7, 11) is 1.46. The number of fused-ring (bicyclic) bond motifs is 1.